The first kappa shape index (κ1) is 13.1. The van der Waals surface area contributed by atoms with E-state index in [9.17, 15) is 18.0 Å². The van der Waals surface area contributed by atoms with Crippen LogP contribution in [-0.2, 0) is 13.2 Å². The van der Waals surface area contributed by atoms with Crippen LogP contribution in [0.15, 0.2) is 30.5 Å². The number of aromatic nitrogens is 2. The zero-order valence-electron chi connectivity index (χ0n) is 9.77. The Balaban J connectivity index is 2.46. The smallest absolute Gasteiger partial charge is 0.416 e. The molecule has 0 spiro atoms. The predicted octanol–water partition coefficient (Wildman–Crippen LogP) is 2.80. The maximum Gasteiger partial charge on any atom is 0.416 e. The van der Waals surface area contributed by atoms with Crippen molar-refractivity contribution < 1.29 is 23.1 Å². The summed E-state index contributed by atoms with van der Waals surface area (Å²) in [4.78, 5) is 11.0. The van der Waals surface area contributed by atoms with Gasteiger partial charge < -0.3 is 5.11 Å². The van der Waals surface area contributed by atoms with Gasteiger partial charge in [0.25, 0.3) is 0 Å². The summed E-state index contributed by atoms with van der Waals surface area (Å²) in [7, 11) is 1.54. The fraction of sp³-hybridized carbons (Fsp3) is 0.167. The van der Waals surface area contributed by atoms with E-state index in [0.29, 0.717) is 5.56 Å². The SMILES string of the molecule is Cn1cc(-c2ccc(C(F)(F)F)cc2)c(C(=O)O)n1. The number of nitrogens with zero attached hydrogens (tertiary/aromatic N) is 2. The van der Waals surface area contributed by atoms with Crippen LogP contribution in [0.2, 0.25) is 0 Å². The molecule has 0 amide bonds. The third-order valence-electron chi connectivity index (χ3n) is 2.55. The Morgan fingerprint density at radius 1 is 1.26 bits per heavy atom. The number of halogens is 3. The molecular formula is C12H9F3N2O2. The molecule has 0 aliphatic carbocycles. The summed E-state index contributed by atoms with van der Waals surface area (Å²) < 4.78 is 38.6. The summed E-state index contributed by atoms with van der Waals surface area (Å²) in [5, 5.41) is 12.7. The van der Waals surface area contributed by atoms with Crippen molar-refractivity contribution in [1.82, 2.24) is 9.78 Å². The van der Waals surface area contributed by atoms with E-state index in [-0.39, 0.29) is 11.3 Å². The van der Waals surface area contributed by atoms with Gasteiger partial charge in [0.15, 0.2) is 5.69 Å². The Kier molecular flexibility index (Phi) is 3.05. The van der Waals surface area contributed by atoms with E-state index in [2.05, 4.69) is 5.10 Å². The van der Waals surface area contributed by atoms with Crippen LogP contribution >= 0.6 is 0 Å². The number of carboxylic acids is 1. The molecule has 1 aromatic heterocycles. The molecule has 2 aromatic rings. The second-order valence-corrected chi connectivity index (χ2v) is 3.95. The summed E-state index contributed by atoms with van der Waals surface area (Å²) in [5.41, 5.74) is -0.318. The van der Waals surface area contributed by atoms with Crippen LogP contribution in [-0.4, -0.2) is 20.9 Å². The van der Waals surface area contributed by atoms with Crippen molar-refractivity contribution in [3.8, 4) is 11.1 Å². The molecule has 0 saturated carbocycles. The minimum atomic E-state index is -4.41. The first-order valence-corrected chi connectivity index (χ1v) is 5.23. The molecule has 1 aromatic carbocycles. The highest BCUT2D eigenvalue weighted by Crippen LogP contribution is 2.31. The Bertz CT molecular complexity index is 615. The molecule has 0 aliphatic heterocycles. The van der Waals surface area contributed by atoms with Gasteiger partial charge in [-0.3, -0.25) is 4.68 Å². The van der Waals surface area contributed by atoms with Crippen molar-refractivity contribution in [3.05, 3.63) is 41.7 Å². The lowest BCUT2D eigenvalue weighted by Crippen LogP contribution is -2.04. The topological polar surface area (TPSA) is 55.1 Å². The molecule has 4 nitrogen and oxygen atoms in total. The van der Waals surface area contributed by atoms with E-state index < -0.39 is 17.7 Å². The quantitative estimate of drug-likeness (QED) is 0.912. The normalized spacial score (nSPS) is 11.6. The number of carboxylic acid groups (broad SMARTS) is 1. The van der Waals surface area contributed by atoms with E-state index in [1.54, 1.807) is 7.05 Å². The molecule has 0 bridgehead atoms. The lowest BCUT2D eigenvalue weighted by molar-refractivity contribution is -0.137. The molecule has 0 saturated heterocycles. The third kappa shape index (κ3) is 2.59. The van der Waals surface area contributed by atoms with E-state index in [4.69, 9.17) is 5.11 Å². The van der Waals surface area contributed by atoms with Crippen LogP contribution in [0.25, 0.3) is 11.1 Å². The molecule has 0 aliphatic rings. The van der Waals surface area contributed by atoms with Crippen LogP contribution in [0.4, 0.5) is 13.2 Å². The number of aryl methyl sites for hydroxylation is 1. The zero-order valence-corrected chi connectivity index (χ0v) is 9.77. The van der Waals surface area contributed by atoms with Crippen molar-refractivity contribution >= 4 is 5.97 Å². The van der Waals surface area contributed by atoms with E-state index in [1.807, 2.05) is 0 Å². The van der Waals surface area contributed by atoms with Gasteiger partial charge in [0.05, 0.1) is 5.56 Å². The lowest BCUT2D eigenvalue weighted by atomic mass is 10.0. The fourth-order valence-electron chi connectivity index (χ4n) is 1.70. The van der Waals surface area contributed by atoms with Crippen molar-refractivity contribution in [2.75, 3.05) is 0 Å². The van der Waals surface area contributed by atoms with Crippen LogP contribution in [0.1, 0.15) is 16.1 Å². The average molecular weight is 270 g/mol. The molecule has 0 radical (unpaired) electrons. The van der Waals surface area contributed by atoms with Gasteiger partial charge in [-0.1, -0.05) is 12.1 Å². The summed E-state index contributed by atoms with van der Waals surface area (Å²) in [6, 6.07) is 4.28. The highest BCUT2D eigenvalue weighted by atomic mass is 19.4. The maximum absolute atomic E-state index is 12.4. The number of carbonyl (C=O) groups is 1. The second kappa shape index (κ2) is 4.42. The van der Waals surface area contributed by atoms with Crippen LogP contribution in [0, 0.1) is 0 Å². The maximum atomic E-state index is 12.4. The minimum Gasteiger partial charge on any atom is -0.476 e. The van der Waals surface area contributed by atoms with Crippen LogP contribution < -0.4 is 0 Å². The molecular weight excluding hydrogens is 261 g/mol. The number of benzene rings is 1. The van der Waals surface area contributed by atoms with Gasteiger partial charge in [0.1, 0.15) is 0 Å². The Morgan fingerprint density at radius 3 is 2.32 bits per heavy atom. The van der Waals surface area contributed by atoms with Gasteiger partial charge in [-0.2, -0.15) is 18.3 Å². The summed E-state index contributed by atoms with van der Waals surface area (Å²) in [5.74, 6) is -1.23. The largest absolute Gasteiger partial charge is 0.476 e. The van der Waals surface area contributed by atoms with E-state index in [0.717, 1.165) is 12.1 Å². The van der Waals surface area contributed by atoms with Gasteiger partial charge in [-0.05, 0) is 17.7 Å². The average Bonchev–Trinajstić information content (AvgIpc) is 2.70. The highest BCUT2D eigenvalue weighted by Gasteiger charge is 2.30. The monoisotopic (exact) mass is 270 g/mol. The number of rotatable bonds is 2. The first-order valence-electron chi connectivity index (χ1n) is 5.23. The van der Waals surface area contributed by atoms with Crippen molar-refractivity contribution in [3.63, 3.8) is 0 Å². The third-order valence-corrected chi connectivity index (χ3v) is 2.55. The molecule has 7 heteroatoms. The van der Waals surface area contributed by atoms with E-state index in [1.165, 1.54) is 23.0 Å². The van der Waals surface area contributed by atoms with Crippen molar-refractivity contribution in [2.24, 2.45) is 7.05 Å². The van der Waals surface area contributed by atoms with Gasteiger partial charge in [0.2, 0.25) is 0 Å². The predicted molar refractivity (Wildman–Crippen MR) is 60.6 cm³/mol. The highest BCUT2D eigenvalue weighted by molar-refractivity contribution is 5.93. The minimum absolute atomic E-state index is 0.192. The molecule has 2 rings (SSSR count). The number of aromatic carboxylic acids is 1. The van der Waals surface area contributed by atoms with Gasteiger partial charge >= 0.3 is 12.1 Å². The van der Waals surface area contributed by atoms with Crippen LogP contribution in [0.5, 0.6) is 0 Å². The first-order chi connectivity index (χ1) is 8.79. The molecule has 100 valence electrons. The second-order valence-electron chi connectivity index (χ2n) is 3.95. The Hall–Kier alpha value is -2.31. The summed E-state index contributed by atoms with van der Waals surface area (Å²) >= 11 is 0. The molecule has 1 N–H and O–H groups in total. The van der Waals surface area contributed by atoms with Gasteiger partial charge in [0, 0.05) is 18.8 Å². The van der Waals surface area contributed by atoms with Crippen LogP contribution in [0.3, 0.4) is 0 Å². The number of hydrogen-bond donors (Lipinski definition) is 1. The zero-order chi connectivity index (χ0) is 14.2. The van der Waals surface area contributed by atoms with Gasteiger partial charge in [-0.15, -0.1) is 0 Å². The molecule has 0 atom stereocenters. The molecule has 0 fully saturated rings. The lowest BCUT2D eigenvalue weighted by Gasteiger charge is -2.07. The van der Waals surface area contributed by atoms with Gasteiger partial charge in [-0.25, -0.2) is 4.79 Å². The Labute approximate surface area is 106 Å². The standard InChI is InChI=1S/C12H9F3N2O2/c1-17-6-9(10(16-17)11(18)19)7-2-4-8(5-3-7)12(13,14)15/h2-6H,1H3,(H,18,19). The molecule has 19 heavy (non-hydrogen) atoms. The van der Waals surface area contributed by atoms with Crippen molar-refractivity contribution in [1.29, 1.82) is 0 Å². The van der Waals surface area contributed by atoms with Crippen molar-refractivity contribution in [2.45, 2.75) is 6.18 Å². The fourth-order valence-corrected chi connectivity index (χ4v) is 1.70. The number of hydrogen-bond acceptors (Lipinski definition) is 2. The Morgan fingerprint density at radius 2 is 1.84 bits per heavy atom. The molecule has 0 unspecified atom stereocenters. The number of alkyl halides is 3. The van der Waals surface area contributed by atoms with E-state index >= 15 is 0 Å². The summed E-state index contributed by atoms with van der Waals surface area (Å²) in [6.07, 6.45) is -2.96. The summed E-state index contributed by atoms with van der Waals surface area (Å²) in [6.45, 7) is 0. The molecule has 1 heterocycles.